The van der Waals surface area contributed by atoms with E-state index in [1.54, 1.807) is 12.3 Å². The second-order valence-electron chi connectivity index (χ2n) is 3.67. The maximum Gasteiger partial charge on any atom is 0.168 e. The molecular formula is C9H12N2O. The molecule has 64 valence electrons. The number of carbonyl (C=O) groups excluding carboxylic acids is 1. The van der Waals surface area contributed by atoms with Gasteiger partial charge in [-0.25, -0.2) is 9.97 Å². The SMILES string of the molecule is CC(C)(C)c1nccc(C=O)n1. The molecule has 1 aromatic rings. The van der Waals surface area contributed by atoms with Gasteiger partial charge in [-0.1, -0.05) is 20.8 Å². The maximum atomic E-state index is 10.4. The molecular weight excluding hydrogens is 152 g/mol. The number of rotatable bonds is 1. The number of aldehydes is 1. The fourth-order valence-corrected chi connectivity index (χ4v) is 0.800. The van der Waals surface area contributed by atoms with Crippen molar-refractivity contribution in [2.45, 2.75) is 26.2 Å². The van der Waals surface area contributed by atoms with E-state index in [4.69, 9.17) is 0 Å². The fourth-order valence-electron chi connectivity index (χ4n) is 0.800. The van der Waals surface area contributed by atoms with E-state index in [0.29, 0.717) is 11.5 Å². The molecule has 0 N–H and O–H groups in total. The Morgan fingerprint density at radius 2 is 2.08 bits per heavy atom. The van der Waals surface area contributed by atoms with Gasteiger partial charge in [-0.05, 0) is 6.07 Å². The summed E-state index contributed by atoms with van der Waals surface area (Å²) in [5, 5.41) is 0. The van der Waals surface area contributed by atoms with Crippen molar-refractivity contribution in [1.29, 1.82) is 0 Å². The second kappa shape index (κ2) is 3.01. The van der Waals surface area contributed by atoms with Crippen molar-refractivity contribution < 1.29 is 4.79 Å². The van der Waals surface area contributed by atoms with Gasteiger partial charge in [0.05, 0.1) is 0 Å². The maximum absolute atomic E-state index is 10.4. The van der Waals surface area contributed by atoms with Gasteiger partial charge in [0.1, 0.15) is 11.5 Å². The first-order valence-corrected chi connectivity index (χ1v) is 3.83. The Bertz CT molecular complexity index is 289. The Morgan fingerprint density at radius 1 is 1.42 bits per heavy atom. The predicted octanol–water partition coefficient (Wildman–Crippen LogP) is 1.59. The first-order chi connectivity index (χ1) is 5.54. The Morgan fingerprint density at radius 3 is 2.58 bits per heavy atom. The highest BCUT2D eigenvalue weighted by Crippen LogP contribution is 2.16. The average molecular weight is 164 g/mol. The van der Waals surface area contributed by atoms with Crippen LogP contribution < -0.4 is 0 Å². The average Bonchev–Trinajstić information content (AvgIpc) is 2.03. The van der Waals surface area contributed by atoms with Gasteiger partial charge in [0.15, 0.2) is 6.29 Å². The van der Waals surface area contributed by atoms with Crippen molar-refractivity contribution in [3.63, 3.8) is 0 Å². The highest BCUT2D eigenvalue weighted by molar-refractivity contribution is 5.71. The van der Waals surface area contributed by atoms with Crippen molar-refractivity contribution in [3.8, 4) is 0 Å². The third-order valence-corrected chi connectivity index (χ3v) is 1.47. The van der Waals surface area contributed by atoms with E-state index >= 15 is 0 Å². The van der Waals surface area contributed by atoms with Crippen molar-refractivity contribution in [2.24, 2.45) is 0 Å². The lowest BCUT2D eigenvalue weighted by atomic mass is 9.96. The molecule has 0 fully saturated rings. The van der Waals surface area contributed by atoms with Gasteiger partial charge in [-0.3, -0.25) is 4.79 Å². The summed E-state index contributed by atoms with van der Waals surface area (Å²) in [6.45, 7) is 6.03. The van der Waals surface area contributed by atoms with Crippen LogP contribution in [0, 0.1) is 0 Å². The normalized spacial score (nSPS) is 11.2. The monoisotopic (exact) mass is 164 g/mol. The molecule has 1 heterocycles. The molecule has 0 bridgehead atoms. The summed E-state index contributed by atoms with van der Waals surface area (Å²) in [6.07, 6.45) is 2.34. The Labute approximate surface area is 71.9 Å². The van der Waals surface area contributed by atoms with Crippen molar-refractivity contribution in [2.75, 3.05) is 0 Å². The molecule has 0 unspecified atom stereocenters. The van der Waals surface area contributed by atoms with E-state index in [9.17, 15) is 4.79 Å². The molecule has 0 radical (unpaired) electrons. The molecule has 0 aliphatic carbocycles. The molecule has 0 aliphatic rings. The van der Waals surface area contributed by atoms with Crippen molar-refractivity contribution >= 4 is 6.29 Å². The summed E-state index contributed by atoms with van der Waals surface area (Å²) < 4.78 is 0. The third kappa shape index (κ3) is 1.87. The zero-order valence-electron chi connectivity index (χ0n) is 7.53. The fraction of sp³-hybridized carbons (Fsp3) is 0.444. The van der Waals surface area contributed by atoms with Crippen LogP contribution in [-0.2, 0) is 5.41 Å². The van der Waals surface area contributed by atoms with E-state index < -0.39 is 0 Å². The van der Waals surface area contributed by atoms with Gasteiger partial charge in [-0.15, -0.1) is 0 Å². The minimum Gasteiger partial charge on any atom is -0.296 e. The van der Waals surface area contributed by atoms with E-state index in [1.165, 1.54) is 0 Å². The van der Waals surface area contributed by atoms with E-state index in [2.05, 4.69) is 9.97 Å². The van der Waals surface area contributed by atoms with Crippen LogP contribution in [0.15, 0.2) is 12.3 Å². The largest absolute Gasteiger partial charge is 0.296 e. The number of hydrogen-bond acceptors (Lipinski definition) is 3. The molecule has 0 spiro atoms. The number of hydrogen-bond donors (Lipinski definition) is 0. The molecule has 0 aromatic carbocycles. The minimum absolute atomic E-state index is 0.0982. The van der Waals surface area contributed by atoms with Crippen LogP contribution in [0.25, 0.3) is 0 Å². The first kappa shape index (κ1) is 8.84. The molecule has 0 amide bonds. The summed E-state index contributed by atoms with van der Waals surface area (Å²) >= 11 is 0. The minimum atomic E-state index is -0.0982. The zero-order valence-corrected chi connectivity index (χ0v) is 7.53. The summed E-state index contributed by atoms with van der Waals surface area (Å²) in [6, 6.07) is 1.60. The molecule has 0 saturated heterocycles. The standard InChI is InChI=1S/C9H12N2O/c1-9(2,3)8-10-5-4-7(6-12)11-8/h4-6H,1-3H3. The molecule has 1 rings (SSSR count). The molecule has 0 atom stereocenters. The van der Waals surface area contributed by atoms with Gasteiger partial charge in [0, 0.05) is 11.6 Å². The summed E-state index contributed by atoms with van der Waals surface area (Å²) in [5.74, 6) is 0.701. The molecule has 3 nitrogen and oxygen atoms in total. The summed E-state index contributed by atoms with van der Waals surface area (Å²) in [7, 11) is 0. The topological polar surface area (TPSA) is 42.9 Å². The van der Waals surface area contributed by atoms with Gasteiger partial charge < -0.3 is 0 Å². The summed E-state index contributed by atoms with van der Waals surface area (Å²) in [4.78, 5) is 18.6. The van der Waals surface area contributed by atoms with E-state index in [0.717, 1.165) is 6.29 Å². The first-order valence-electron chi connectivity index (χ1n) is 3.83. The smallest absolute Gasteiger partial charge is 0.168 e. The van der Waals surface area contributed by atoms with Crippen molar-refractivity contribution in [1.82, 2.24) is 9.97 Å². The molecule has 0 aliphatic heterocycles. The molecule has 3 heteroatoms. The third-order valence-electron chi connectivity index (χ3n) is 1.47. The highest BCUT2D eigenvalue weighted by Gasteiger charge is 2.16. The van der Waals surface area contributed by atoms with Gasteiger partial charge >= 0.3 is 0 Å². The molecule has 0 saturated carbocycles. The second-order valence-corrected chi connectivity index (χ2v) is 3.67. The number of aromatic nitrogens is 2. The van der Waals surface area contributed by atoms with Crippen LogP contribution in [0.5, 0.6) is 0 Å². The van der Waals surface area contributed by atoms with Crippen LogP contribution in [0.2, 0.25) is 0 Å². The lowest BCUT2D eigenvalue weighted by Crippen LogP contribution is -2.16. The van der Waals surface area contributed by atoms with Crippen LogP contribution in [-0.4, -0.2) is 16.3 Å². The van der Waals surface area contributed by atoms with Gasteiger partial charge in [-0.2, -0.15) is 0 Å². The quantitative estimate of drug-likeness (QED) is 0.592. The van der Waals surface area contributed by atoms with Crippen LogP contribution in [0.3, 0.4) is 0 Å². The Hall–Kier alpha value is -1.25. The number of carbonyl (C=O) groups is 1. The van der Waals surface area contributed by atoms with Crippen molar-refractivity contribution in [3.05, 3.63) is 23.8 Å². The Kier molecular flexibility index (Phi) is 2.22. The van der Waals surface area contributed by atoms with Crippen LogP contribution in [0.1, 0.15) is 37.1 Å². The molecule has 1 aromatic heterocycles. The van der Waals surface area contributed by atoms with E-state index in [-0.39, 0.29) is 5.41 Å². The molecule has 12 heavy (non-hydrogen) atoms. The van der Waals surface area contributed by atoms with Gasteiger partial charge in [0.2, 0.25) is 0 Å². The lowest BCUT2D eigenvalue weighted by molar-refractivity contribution is 0.111. The highest BCUT2D eigenvalue weighted by atomic mass is 16.1. The van der Waals surface area contributed by atoms with Crippen LogP contribution in [0.4, 0.5) is 0 Å². The number of nitrogens with zero attached hydrogens (tertiary/aromatic N) is 2. The van der Waals surface area contributed by atoms with Crippen LogP contribution >= 0.6 is 0 Å². The van der Waals surface area contributed by atoms with E-state index in [1.807, 2.05) is 20.8 Å². The Balaban J connectivity index is 3.10. The summed E-state index contributed by atoms with van der Waals surface area (Å²) in [5.41, 5.74) is 0.342. The predicted molar refractivity (Wildman–Crippen MR) is 46.1 cm³/mol. The lowest BCUT2D eigenvalue weighted by Gasteiger charge is -2.15. The zero-order chi connectivity index (χ0) is 9.19. The van der Waals surface area contributed by atoms with Gasteiger partial charge in [0.25, 0.3) is 0 Å².